The third-order valence-corrected chi connectivity index (χ3v) is 3.48. The lowest BCUT2D eigenvalue weighted by molar-refractivity contribution is -0.450. The molecule has 2 aromatic carbocycles. The lowest BCUT2D eigenvalue weighted by Crippen LogP contribution is -2.38. The molecule has 4 heteroatoms. The Labute approximate surface area is 101 Å². The zero-order chi connectivity index (χ0) is 11.8. The van der Waals surface area contributed by atoms with Crippen molar-refractivity contribution in [1.29, 1.82) is 0 Å². The molecule has 0 radical (unpaired) electrons. The van der Waals surface area contributed by atoms with Gasteiger partial charge in [-0.05, 0) is 18.2 Å². The second-order valence-electron chi connectivity index (χ2n) is 3.79. The maximum absolute atomic E-state index is 11.5. The van der Waals surface area contributed by atoms with E-state index in [1.54, 1.807) is 0 Å². The minimum atomic E-state index is -2.06. The molecule has 1 heterocycles. The third-order valence-electron chi connectivity index (χ3n) is 2.78. The number of para-hydroxylation sites is 2. The topological polar surface area (TPSA) is 41.2 Å². The number of fused-ring (bicyclic) bond motifs is 2. The zero-order valence-corrected chi connectivity index (χ0v) is 9.72. The van der Waals surface area contributed by atoms with E-state index in [2.05, 4.69) is 0 Å². The van der Waals surface area contributed by atoms with Gasteiger partial charge < -0.3 is 0 Å². The molecule has 0 amide bonds. The molecule has 0 saturated heterocycles. The van der Waals surface area contributed by atoms with Crippen molar-refractivity contribution in [1.82, 2.24) is 0 Å². The van der Waals surface area contributed by atoms with Crippen LogP contribution in [0.15, 0.2) is 54.6 Å². The van der Waals surface area contributed by atoms with Crippen molar-refractivity contribution in [2.45, 2.75) is 0 Å². The molecule has 1 N–H and O–H groups in total. The minimum Gasteiger partial charge on any atom is -0.252 e. The van der Waals surface area contributed by atoms with Gasteiger partial charge in [-0.25, -0.2) is 0 Å². The fraction of sp³-hybridized carbons (Fsp3) is 0. The van der Waals surface area contributed by atoms with E-state index in [1.807, 2.05) is 54.6 Å². The Bertz CT molecular complexity index is 686. The average molecular weight is 244 g/mol. The van der Waals surface area contributed by atoms with Gasteiger partial charge in [-0.2, -0.15) is 4.21 Å². The molecule has 3 nitrogen and oxygen atoms in total. The number of pyridine rings is 1. The van der Waals surface area contributed by atoms with Gasteiger partial charge in [-0.1, -0.05) is 28.2 Å². The van der Waals surface area contributed by atoms with E-state index in [9.17, 15) is 8.76 Å². The predicted octanol–water partition coefficient (Wildman–Crippen LogP) is 2.27. The van der Waals surface area contributed by atoms with Crippen LogP contribution in [0.25, 0.3) is 21.8 Å². The summed E-state index contributed by atoms with van der Waals surface area (Å²) in [6, 6.07) is 17.1. The van der Waals surface area contributed by atoms with Crippen LogP contribution in [0.5, 0.6) is 0 Å². The fourth-order valence-electron chi connectivity index (χ4n) is 2.05. The maximum Gasteiger partial charge on any atom is 0.444 e. The molecular formula is C13H10NO2S+. The highest BCUT2D eigenvalue weighted by Crippen LogP contribution is 2.17. The number of hydrogen-bond acceptors (Lipinski definition) is 1. The molecule has 1 aromatic heterocycles. The van der Waals surface area contributed by atoms with Crippen LogP contribution < -0.4 is 3.97 Å². The maximum atomic E-state index is 11.5. The summed E-state index contributed by atoms with van der Waals surface area (Å²) in [5.41, 5.74) is 1.51. The van der Waals surface area contributed by atoms with Gasteiger partial charge in [-0.15, -0.1) is 0 Å². The molecule has 0 saturated carbocycles. The summed E-state index contributed by atoms with van der Waals surface area (Å²) >= 11 is -2.06. The molecule has 3 rings (SSSR count). The van der Waals surface area contributed by atoms with E-state index in [4.69, 9.17) is 0 Å². The SMILES string of the molecule is O=S(O)[n+]1c2ccccc2cc2ccccc21. The Morgan fingerprint density at radius 3 is 1.82 bits per heavy atom. The number of nitrogens with zero attached hydrogens (tertiary/aromatic N) is 1. The number of rotatable bonds is 1. The summed E-state index contributed by atoms with van der Waals surface area (Å²) in [6.07, 6.45) is 0. The van der Waals surface area contributed by atoms with Crippen LogP contribution in [0.3, 0.4) is 0 Å². The normalized spacial score (nSPS) is 13.0. The van der Waals surface area contributed by atoms with Crippen LogP contribution in [0.1, 0.15) is 0 Å². The van der Waals surface area contributed by atoms with E-state index >= 15 is 0 Å². The third kappa shape index (κ3) is 1.62. The first kappa shape index (κ1) is 10.4. The summed E-state index contributed by atoms with van der Waals surface area (Å²) in [4.78, 5) is 0. The highest BCUT2D eigenvalue weighted by Gasteiger charge is 2.19. The second-order valence-corrected chi connectivity index (χ2v) is 4.61. The number of aromatic nitrogens is 1. The first-order valence-electron chi connectivity index (χ1n) is 5.21. The smallest absolute Gasteiger partial charge is 0.252 e. The first-order valence-corrected chi connectivity index (χ1v) is 6.27. The molecule has 84 valence electrons. The largest absolute Gasteiger partial charge is 0.444 e. The lowest BCUT2D eigenvalue weighted by atomic mass is 10.1. The van der Waals surface area contributed by atoms with Crippen molar-refractivity contribution in [2.75, 3.05) is 0 Å². The van der Waals surface area contributed by atoms with Crippen molar-refractivity contribution in [3.63, 3.8) is 0 Å². The molecule has 0 bridgehead atoms. The summed E-state index contributed by atoms with van der Waals surface area (Å²) in [5, 5.41) is 1.90. The van der Waals surface area contributed by atoms with Gasteiger partial charge in [0.2, 0.25) is 11.0 Å². The van der Waals surface area contributed by atoms with Crippen molar-refractivity contribution in [2.24, 2.45) is 0 Å². The van der Waals surface area contributed by atoms with E-state index < -0.39 is 11.3 Å². The quantitative estimate of drug-likeness (QED) is 0.405. The average Bonchev–Trinajstić information content (AvgIpc) is 2.35. The van der Waals surface area contributed by atoms with Crippen LogP contribution in [0.2, 0.25) is 0 Å². The highest BCUT2D eigenvalue weighted by atomic mass is 32.2. The molecule has 1 unspecified atom stereocenters. The second kappa shape index (κ2) is 3.91. The van der Waals surface area contributed by atoms with E-state index in [1.165, 1.54) is 3.97 Å². The summed E-state index contributed by atoms with van der Waals surface area (Å²) in [7, 11) is 0. The minimum absolute atomic E-state index is 0.757. The molecule has 0 spiro atoms. The molecule has 3 aromatic rings. The van der Waals surface area contributed by atoms with E-state index in [-0.39, 0.29) is 0 Å². The standard InChI is InChI=1S/C13H9NO2S/c15-17(16)14-12-7-3-1-5-10(12)9-11-6-2-4-8-13(11)14/h1-9H/p+1. The van der Waals surface area contributed by atoms with Crippen LogP contribution in [0.4, 0.5) is 0 Å². The van der Waals surface area contributed by atoms with Gasteiger partial charge in [0.15, 0.2) is 0 Å². The molecule has 17 heavy (non-hydrogen) atoms. The van der Waals surface area contributed by atoms with Gasteiger partial charge in [-0.3, -0.25) is 4.55 Å². The van der Waals surface area contributed by atoms with Crippen molar-refractivity contribution in [3.8, 4) is 0 Å². The van der Waals surface area contributed by atoms with E-state index in [0.717, 1.165) is 21.8 Å². The summed E-state index contributed by atoms with van der Waals surface area (Å²) in [5.74, 6) is 0. The van der Waals surface area contributed by atoms with Crippen LogP contribution in [-0.2, 0) is 11.3 Å². The molecule has 0 aliphatic carbocycles. The number of benzene rings is 2. The van der Waals surface area contributed by atoms with Crippen LogP contribution in [-0.4, -0.2) is 8.76 Å². The van der Waals surface area contributed by atoms with E-state index in [0.29, 0.717) is 0 Å². The van der Waals surface area contributed by atoms with Gasteiger partial charge in [0, 0.05) is 22.9 Å². The van der Waals surface area contributed by atoms with Crippen LogP contribution >= 0.6 is 0 Å². The predicted molar refractivity (Wildman–Crippen MR) is 67.8 cm³/mol. The Morgan fingerprint density at radius 1 is 0.882 bits per heavy atom. The zero-order valence-electron chi connectivity index (χ0n) is 8.91. The molecule has 1 atom stereocenters. The van der Waals surface area contributed by atoms with Crippen molar-refractivity contribution >= 4 is 33.1 Å². The Hall–Kier alpha value is -1.78. The van der Waals surface area contributed by atoms with Gasteiger partial charge in [0.25, 0.3) is 0 Å². The summed E-state index contributed by atoms with van der Waals surface area (Å²) < 4.78 is 22.4. The highest BCUT2D eigenvalue weighted by molar-refractivity contribution is 7.72. The molecule has 0 aliphatic heterocycles. The Morgan fingerprint density at radius 2 is 1.35 bits per heavy atom. The summed E-state index contributed by atoms with van der Waals surface area (Å²) in [6.45, 7) is 0. The monoisotopic (exact) mass is 244 g/mol. The lowest BCUT2D eigenvalue weighted by Gasteiger charge is -2.00. The Kier molecular flexibility index (Phi) is 2.39. The van der Waals surface area contributed by atoms with Gasteiger partial charge in [0.1, 0.15) is 0 Å². The van der Waals surface area contributed by atoms with Gasteiger partial charge in [0.05, 0.1) is 0 Å². The van der Waals surface area contributed by atoms with Gasteiger partial charge >= 0.3 is 11.3 Å². The van der Waals surface area contributed by atoms with Crippen molar-refractivity contribution < 1.29 is 12.7 Å². The molecule has 0 aliphatic rings. The number of hydrogen-bond donors (Lipinski definition) is 1. The first-order chi connectivity index (χ1) is 8.27. The fourth-order valence-corrected chi connectivity index (χ4v) is 2.72. The van der Waals surface area contributed by atoms with Crippen LogP contribution in [0, 0.1) is 0 Å². The molecule has 0 fully saturated rings. The Balaban J connectivity index is 2.61. The van der Waals surface area contributed by atoms with Crippen molar-refractivity contribution in [3.05, 3.63) is 54.6 Å². The molecular weight excluding hydrogens is 234 g/mol.